The van der Waals surface area contributed by atoms with Gasteiger partial charge < -0.3 is 15.7 Å². The number of hydrogen-bond donors (Lipinski definition) is 3. The summed E-state index contributed by atoms with van der Waals surface area (Å²) in [5, 5.41) is 25.1. The lowest BCUT2D eigenvalue weighted by atomic mass is 10.0. The van der Waals surface area contributed by atoms with E-state index in [2.05, 4.69) is 10.6 Å². The molecule has 0 spiro atoms. The highest BCUT2D eigenvalue weighted by molar-refractivity contribution is 5.89. The Kier molecular flexibility index (Phi) is 6.27. The van der Waals surface area contributed by atoms with Crippen LogP contribution < -0.4 is 10.6 Å². The SMILES string of the molecule is O=C(Nc1ccc([N+](=O)[O-])cc1)NC(CCCO)c1ccccc1. The van der Waals surface area contributed by atoms with E-state index < -0.39 is 11.0 Å². The molecule has 0 saturated carbocycles. The van der Waals surface area contributed by atoms with Gasteiger partial charge in [0.1, 0.15) is 0 Å². The van der Waals surface area contributed by atoms with E-state index in [-0.39, 0.29) is 18.3 Å². The van der Waals surface area contributed by atoms with Gasteiger partial charge in [-0.15, -0.1) is 0 Å². The summed E-state index contributed by atoms with van der Waals surface area (Å²) in [6, 6.07) is 14.5. The molecular weight excluding hydrogens is 310 g/mol. The Balaban J connectivity index is 2.00. The van der Waals surface area contributed by atoms with Crippen LogP contribution in [0.25, 0.3) is 0 Å². The Morgan fingerprint density at radius 2 is 1.79 bits per heavy atom. The third kappa shape index (κ3) is 5.06. The van der Waals surface area contributed by atoms with Crippen molar-refractivity contribution in [1.29, 1.82) is 0 Å². The third-order valence-electron chi connectivity index (χ3n) is 3.49. The van der Waals surface area contributed by atoms with Crippen LogP contribution in [0.5, 0.6) is 0 Å². The Bertz CT molecular complexity index is 674. The molecule has 1 unspecified atom stereocenters. The molecule has 7 nitrogen and oxygen atoms in total. The number of nitrogens with one attached hydrogen (secondary N) is 2. The fourth-order valence-electron chi connectivity index (χ4n) is 2.29. The quantitative estimate of drug-likeness (QED) is 0.536. The van der Waals surface area contributed by atoms with Gasteiger partial charge >= 0.3 is 6.03 Å². The second-order valence-corrected chi connectivity index (χ2v) is 5.23. The number of carbonyl (C=O) groups excluding carboxylic acids is 1. The van der Waals surface area contributed by atoms with Crippen molar-refractivity contribution in [3.63, 3.8) is 0 Å². The molecule has 2 amide bonds. The molecule has 0 aliphatic carbocycles. The van der Waals surface area contributed by atoms with Crippen LogP contribution in [0.2, 0.25) is 0 Å². The minimum Gasteiger partial charge on any atom is -0.396 e. The first-order chi connectivity index (χ1) is 11.6. The van der Waals surface area contributed by atoms with Crippen molar-refractivity contribution in [3.8, 4) is 0 Å². The van der Waals surface area contributed by atoms with Gasteiger partial charge in [-0.05, 0) is 30.5 Å². The topological polar surface area (TPSA) is 104 Å². The van der Waals surface area contributed by atoms with Crippen molar-refractivity contribution >= 4 is 17.4 Å². The number of urea groups is 1. The van der Waals surface area contributed by atoms with Crippen molar-refractivity contribution in [1.82, 2.24) is 5.32 Å². The molecular formula is C17H19N3O4. The van der Waals surface area contributed by atoms with Gasteiger partial charge in [-0.2, -0.15) is 0 Å². The molecule has 3 N–H and O–H groups in total. The summed E-state index contributed by atoms with van der Waals surface area (Å²) >= 11 is 0. The number of aliphatic hydroxyl groups excluding tert-OH is 1. The van der Waals surface area contributed by atoms with Crippen LogP contribution in [0, 0.1) is 10.1 Å². The molecule has 24 heavy (non-hydrogen) atoms. The van der Waals surface area contributed by atoms with E-state index in [0.29, 0.717) is 18.5 Å². The number of carbonyl (C=O) groups is 1. The number of non-ortho nitro benzene ring substituents is 1. The van der Waals surface area contributed by atoms with Gasteiger partial charge in [0.05, 0.1) is 11.0 Å². The summed E-state index contributed by atoms with van der Waals surface area (Å²) in [6.45, 7) is 0.0506. The number of nitrogens with zero attached hydrogens (tertiary/aromatic N) is 1. The van der Waals surface area contributed by atoms with E-state index in [9.17, 15) is 14.9 Å². The molecule has 0 fully saturated rings. The van der Waals surface area contributed by atoms with Crippen LogP contribution in [-0.4, -0.2) is 22.7 Å². The summed E-state index contributed by atoms with van der Waals surface area (Å²) in [4.78, 5) is 22.3. The van der Waals surface area contributed by atoms with Gasteiger partial charge in [0.2, 0.25) is 0 Å². The van der Waals surface area contributed by atoms with E-state index in [1.165, 1.54) is 24.3 Å². The van der Waals surface area contributed by atoms with Gasteiger partial charge in [-0.25, -0.2) is 4.79 Å². The first-order valence-electron chi connectivity index (χ1n) is 7.58. The maximum Gasteiger partial charge on any atom is 0.319 e. The fraction of sp³-hybridized carbons (Fsp3) is 0.235. The zero-order valence-electron chi connectivity index (χ0n) is 13.0. The highest BCUT2D eigenvalue weighted by atomic mass is 16.6. The maximum atomic E-state index is 12.2. The van der Waals surface area contributed by atoms with E-state index in [1.807, 2.05) is 30.3 Å². The van der Waals surface area contributed by atoms with Gasteiger partial charge in [0, 0.05) is 24.4 Å². The summed E-state index contributed by atoms with van der Waals surface area (Å²) in [6.07, 6.45) is 1.17. The highest BCUT2D eigenvalue weighted by Crippen LogP contribution is 2.19. The molecule has 1 atom stereocenters. The number of benzene rings is 2. The van der Waals surface area contributed by atoms with Gasteiger partial charge in [-0.1, -0.05) is 30.3 Å². The normalized spacial score (nSPS) is 11.5. The summed E-state index contributed by atoms with van der Waals surface area (Å²) in [7, 11) is 0. The third-order valence-corrected chi connectivity index (χ3v) is 3.49. The highest BCUT2D eigenvalue weighted by Gasteiger charge is 2.14. The Morgan fingerprint density at radius 1 is 1.12 bits per heavy atom. The molecule has 0 aromatic heterocycles. The van der Waals surface area contributed by atoms with Gasteiger partial charge in [0.25, 0.3) is 5.69 Å². The lowest BCUT2D eigenvalue weighted by molar-refractivity contribution is -0.384. The smallest absolute Gasteiger partial charge is 0.319 e. The minimum absolute atomic E-state index is 0.0360. The van der Waals surface area contributed by atoms with Gasteiger partial charge in [0.15, 0.2) is 0 Å². The number of hydrogen-bond acceptors (Lipinski definition) is 4. The molecule has 2 aromatic rings. The Morgan fingerprint density at radius 3 is 2.38 bits per heavy atom. The first kappa shape index (κ1) is 17.4. The number of rotatable bonds is 7. The van der Waals surface area contributed by atoms with Crippen molar-refractivity contribution in [2.24, 2.45) is 0 Å². The lowest BCUT2D eigenvalue weighted by Crippen LogP contribution is -2.32. The molecule has 0 saturated heterocycles. The van der Waals surface area contributed by atoms with Crippen molar-refractivity contribution in [2.75, 3.05) is 11.9 Å². The average molecular weight is 329 g/mol. The standard InChI is InChI=1S/C17H19N3O4/c21-12-4-7-16(13-5-2-1-3-6-13)19-17(22)18-14-8-10-15(11-9-14)20(23)24/h1-3,5-6,8-11,16,21H,4,7,12H2,(H2,18,19,22). The summed E-state index contributed by atoms with van der Waals surface area (Å²) < 4.78 is 0. The molecule has 0 bridgehead atoms. The second kappa shape index (κ2) is 8.64. The number of nitro benzene ring substituents is 1. The summed E-state index contributed by atoms with van der Waals surface area (Å²) in [5.74, 6) is 0. The number of aliphatic hydroxyl groups is 1. The van der Waals surface area contributed by atoms with Crippen molar-refractivity contribution < 1.29 is 14.8 Å². The van der Waals surface area contributed by atoms with Crippen LogP contribution in [0.3, 0.4) is 0 Å². The molecule has 0 aliphatic rings. The Labute approximate surface area is 139 Å². The average Bonchev–Trinajstić information content (AvgIpc) is 2.59. The zero-order chi connectivity index (χ0) is 17.4. The predicted octanol–water partition coefficient (Wildman–Crippen LogP) is 3.23. The van der Waals surface area contributed by atoms with E-state index >= 15 is 0 Å². The first-order valence-corrected chi connectivity index (χ1v) is 7.58. The van der Waals surface area contributed by atoms with E-state index in [4.69, 9.17) is 5.11 Å². The molecule has 2 rings (SSSR count). The number of amides is 2. The lowest BCUT2D eigenvalue weighted by Gasteiger charge is -2.19. The van der Waals surface area contributed by atoms with Crippen LogP contribution in [0.4, 0.5) is 16.2 Å². The predicted molar refractivity (Wildman–Crippen MR) is 90.8 cm³/mol. The van der Waals surface area contributed by atoms with Crippen LogP contribution in [-0.2, 0) is 0 Å². The van der Waals surface area contributed by atoms with Crippen LogP contribution >= 0.6 is 0 Å². The van der Waals surface area contributed by atoms with Crippen molar-refractivity contribution in [2.45, 2.75) is 18.9 Å². The van der Waals surface area contributed by atoms with Gasteiger partial charge in [-0.3, -0.25) is 10.1 Å². The largest absolute Gasteiger partial charge is 0.396 e. The monoisotopic (exact) mass is 329 g/mol. The van der Waals surface area contributed by atoms with Crippen molar-refractivity contribution in [3.05, 3.63) is 70.3 Å². The fourth-order valence-corrected chi connectivity index (χ4v) is 2.29. The molecule has 7 heteroatoms. The molecule has 0 heterocycles. The molecule has 2 aromatic carbocycles. The maximum absolute atomic E-state index is 12.2. The van der Waals surface area contributed by atoms with E-state index in [0.717, 1.165) is 5.56 Å². The second-order valence-electron chi connectivity index (χ2n) is 5.23. The summed E-state index contributed by atoms with van der Waals surface area (Å²) in [5.41, 5.74) is 1.38. The van der Waals surface area contributed by atoms with Crippen LogP contribution in [0.1, 0.15) is 24.4 Å². The molecule has 0 aliphatic heterocycles. The zero-order valence-corrected chi connectivity index (χ0v) is 13.0. The Hall–Kier alpha value is -2.93. The minimum atomic E-state index is -0.496. The van der Waals surface area contributed by atoms with E-state index in [1.54, 1.807) is 0 Å². The molecule has 126 valence electrons. The number of nitro groups is 1. The van der Waals surface area contributed by atoms with Crippen LogP contribution in [0.15, 0.2) is 54.6 Å². The number of anilines is 1. The molecule has 0 radical (unpaired) electrons.